The fraction of sp³-hybridized carbons (Fsp3) is 0.857. The number of ketones is 1. The Hall–Kier alpha value is -1.10. The van der Waals surface area contributed by atoms with Crippen LogP contribution in [0.3, 0.4) is 0 Å². The number of alkyl carbamates (subject to hydrolysis) is 1. The fourth-order valence-electron chi connectivity index (χ4n) is 3.09. The molecule has 0 aromatic heterocycles. The summed E-state index contributed by atoms with van der Waals surface area (Å²) in [5, 5.41) is 2.80. The monoisotopic (exact) mass is 268 g/mol. The summed E-state index contributed by atoms with van der Waals surface area (Å²) in [5.41, 5.74) is 0. The number of amides is 1. The van der Waals surface area contributed by atoms with Gasteiger partial charge in [-0.15, -0.1) is 0 Å². The first kappa shape index (κ1) is 14.3. The third-order valence-corrected chi connectivity index (χ3v) is 4.22. The summed E-state index contributed by atoms with van der Waals surface area (Å²) in [5.74, 6) is 0.666. The molecule has 1 aliphatic heterocycles. The van der Waals surface area contributed by atoms with Crippen LogP contribution in [0, 0.1) is 5.92 Å². The van der Waals surface area contributed by atoms with E-state index in [4.69, 9.17) is 0 Å². The number of carbonyl (C=O) groups excluding carboxylic acids is 2. The third kappa shape index (κ3) is 4.20. The Labute approximate surface area is 114 Å². The van der Waals surface area contributed by atoms with E-state index in [2.05, 4.69) is 15.0 Å². The molecule has 1 unspecified atom stereocenters. The highest BCUT2D eigenvalue weighted by atomic mass is 16.5. The molecule has 108 valence electrons. The minimum Gasteiger partial charge on any atom is -0.453 e. The molecule has 5 heteroatoms. The van der Waals surface area contributed by atoms with Gasteiger partial charge in [0, 0.05) is 25.0 Å². The summed E-state index contributed by atoms with van der Waals surface area (Å²) in [6, 6.07) is 0.117. The van der Waals surface area contributed by atoms with Crippen LogP contribution in [-0.4, -0.2) is 49.6 Å². The van der Waals surface area contributed by atoms with Crippen LogP contribution in [0.5, 0.6) is 0 Å². The molecule has 1 heterocycles. The van der Waals surface area contributed by atoms with Crippen molar-refractivity contribution in [2.75, 3.05) is 26.7 Å². The molecule has 2 rings (SSSR count). The molecule has 2 fully saturated rings. The predicted octanol–water partition coefficient (Wildman–Crippen LogP) is 1.57. The van der Waals surface area contributed by atoms with E-state index in [9.17, 15) is 9.59 Å². The van der Waals surface area contributed by atoms with E-state index in [1.54, 1.807) is 0 Å². The van der Waals surface area contributed by atoms with Crippen molar-refractivity contribution in [2.45, 2.75) is 44.6 Å². The molecule has 1 atom stereocenters. The van der Waals surface area contributed by atoms with Gasteiger partial charge < -0.3 is 10.1 Å². The lowest BCUT2D eigenvalue weighted by Crippen LogP contribution is -2.38. The summed E-state index contributed by atoms with van der Waals surface area (Å²) in [7, 11) is 1.37. The molecule has 1 saturated heterocycles. The van der Waals surface area contributed by atoms with Crippen LogP contribution in [-0.2, 0) is 9.53 Å². The SMILES string of the molecule is COC(=O)NC1CCN(CC(=O)C2CCCCC2)C1. The molecule has 1 aliphatic carbocycles. The van der Waals surface area contributed by atoms with Crippen molar-refractivity contribution in [3.8, 4) is 0 Å². The molecular formula is C14H24N2O3. The zero-order chi connectivity index (χ0) is 13.7. The van der Waals surface area contributed by atoms with Crippen LogP contribution >= 0.6 is 0 Å². The Bertz CT molecular complexity index is 327. The zero-order valence-corrected chi connectivity index (χ0v) is 11.7. The van der Waals surface area contributed by atoms with Crippen LogP contribution in [0.25, 0.3) is 0 Å². The summed E-state index contributed by atoms with van der Waals surface area (Å²) in [6.07, 6.45) is 6.32. The van der Waals surface area contributed by atoms with E-state index in [-0.39, 0.29) is 18.1 Å². The first-order valence-corrected chi connectivity index (χ1v) is 7.28. The molecule has 5 nitrogen and oxygen atoms in total. The van der Waals surface area contributed by atoms with Crippen LogP contribution in [0.1, 0.15) is 38.5 Å². The maximum atomic E-state index is 12.2. The largest absolute Gasteiger partial charge is 0.453 e. The molecule has 0 aromatic carbocycles. The number of nitrogens with zero attached hydrogens (tertiary/aromatic N) is 1. The normalized spacial score (nSPS) is 25.2. The number of methoxy groups -OCH3 is 1. The van der Waals surface area contributed by atoms with Crippen LogP contribution in [0.2, 0.25) is 0 Å². The second kappa shape index (κ2) is 6.89. The van der Waals surface area contributed by atoms with Gasteiger partial charge >= 0.3 is 6.09 Å². The van der Waals surface area contributed by atoms with Crippen molar-refractivity contribution >= 4 is 11.9 Å². The van der Waals surface area contributed by atoms with Gasteiger partial charge in [0.1, 0.15) is 5.78 Å². The lowest BCUT2D eigenvalue weighted by molar-refractivity contribution is -0.124. The first-order valence-electron chi connectivity index (χ1n) is 7.28. The van der Waals surface area contributed by atoms with Gasteiger partial charge in [0.05, 0.1) is 13.7 Å². The molecule has 2 aliphatic rings. The quantitative estimate of drug-likeness (QED) is 0.840. The second-order valence-corrected chi connectivity index (χ2v) is 5.66. The Morgan fingerprint density at radius 2 is 1.95 bits per heavy atom. The van der Waals surface area contributed by atoms with Gasteiger partial charge in [-0.25, -0.2) is 4.79 Å². The van der Waals surface area contributed by atoms with Gasteiger partial charge in [-0.1, -0.05) is 19.3 Å². The van der Waals surface area contributed by atoms with E-state index in [0.29, 0.717) is 12.3 Å². The summed E-state index contributed by atoms with van der Waals surface area (Å²) < 4.78 is 4.59. The smallest absolute Gasteiger partial charge is 0.407 e. The van der Waals surface area contributed by atoms with E-state index in [1.165, 1.54) is 26.4 Å². The molecule has 0 spiro atoms. The second-order valence-electron chi connectivity index (χ2n) is 5.66. The minimum atomic E-state index is -0.384. The maximum Gasteiger partial charge on any atom is 0.407 e. The molecule has 1 amide bonds. The Balaban J connectivity index is 1.72. The summed E-state index contributed by atoms with van der Waals surface area (Å²) >= 11 is 0. The predicted molar refractivity (Wildman–Crippen MR) is 72.0 cm³/mol. The Kier molecular flexibility index (Phi) is 5.19. The van der Waals surface area contributed by atoms with Gasteiger partial charge in [0.2, 0.25) is 0 Å². The Morgan fingerprint density at radius 3 is 2.63 bits per heavy atom. The average molecular weight is 268 g/mol. The molecular weight excluding hydrogens is 244 g/mol. The number of nitrogens with one attached hydrogen (secondary N) is 1. The lowest BCUT2D eigenvalue weighted by Gasteiger charge is -2.23. The standard InChI is InChI=1S/C14H24N2O3/c1-19-14(18)15-12-7-8-16(9-12)10-13(17)11-5-3-2-4-6-11/h11-12H,2-10H2,1H3,(H,15,18). The number of carbonyl (C=O) groups is 2. The molecule has 1 saturated carbocycles. The van der Waals surface area contributed by atoms with Crippen molar-refractivity contribution in [3.63, 3.8) is 0 Å². The maximum absolute atomic E-state index is 12.2. The molecule has 0 aromatic rings. The van der Waals surface area contributed by atoms with Gasteiger partial charge in [0.25, 0.3) is 0 Å². The van der Waals surface area contributed by atoms with Crippen LogP contribution in [0.15, 0.2) is 0 Å². The molecule has 0 bridgehead atoms. The number of rotatable bonds is 4. The van der Waals surface area contributed by atoms with Crippen molar-refractivity contribution in [1.82, 2.24) is 10.2 Å². The lowest BCUT2D eigenvalue weighted by atomic mass is 9.86. The fourth-order valence-corrected chi connectivity index (χ4v) is 3.09. The summed E-state index contributed by atoms with van der Waals surface area (Å²) in [4.78, 5) is 25.5. The molecule has 19 heavy (non-hydrogen) atoms. The number of hydrogen-bond donors (Lipinski definition) is 1. The number of ether oxygens (including phenoxy) is 1. The average Bonchev–Trinajstić information content (AvgIpc) is 2.86. The van der Waals surface area contributed by atoms with Gasteiger partial charge in [0.15, 0.2) is 0 Å². The van der Waals surface area contributed by atoms with Crippen LogP contribution in [0.4, 0.5) is 4.79 Å². The third-order valence-electron chi connectivity index (χ3n) is 4.22. The highest BCUT2D eigenvalue weighted by Crippen LogP contribution is 2.25. The van der Waals surface area contributed by atoms with E-state index in [0.717, 1.165) is 32.4 Å². The zero-order valence-electron chi connectivity index (χ0n) is 11.7. The van der Waals surface area contributed by atoms with Gasteiger partial charge in [-0.05, 0) is 19.3 Å². The number of likely N-dealkylation sites (tertiary alicyclic amines) is 1. The molecule has 0 radical (unpaired) electrons. The highest BCUT2D eigenvalue weighted by molar-refractivity contribution is 5.83. The van der Waals surface area contributed by atoms with Crippen molar-refractivity contribution in [2.24, 2.45) is 5.92 Å². The molecule has 1 N–H and O–H groups in total. The van der Waals surface area contributed by atoms with Crippen molar-refractivity contribution < 1.29 is 14.3 Å². The van der Waals surface area contributed by atoms with Crippen LogP contribution < -0.4 is 5.32 Å². The summed E-state index contributed by atoms with van der Waals surface area (Å²) in [6.45, 7) is 2.19. The van der Waals surface area contributed by atoms with Crippen molar-refractivity contribution in [1.29, 1.82) is 0 Å². The minimum absolute atomic E-state index is 0.117. The van der Waals surface area contributed by atoms with E-state index in [1.807, 2.05) is 0 Å². The Morgan fingerprint density at radius 1 is 1.21 bits per heavy atom. The topological polar surface area (TPSA) is 58.6 Å². The first-order chi connectivity index (χ1) is 9.19. The number of Topliss-reactive ketones (excluding diaryl/α,β-unsaturated/α-hetero) is 1. The van der Waals surface area contributed by atoms with Crippen molar-refractivity contribution in [3.05, 3.63) is 0 Å². The van der Waals surface area contributed by atoms with E-state index >= 15 is 0 Å². The van der Waals surface area contributed by atoms with Gasteiger partial charge in [-0.3, -0.25) is 9.69 Å². The number of hydrogen-bond acceptors (Lipinski definition) is 4. The van der Waals surface area contributed by atoms with E-state index < -0.39 is 0 Å². The van der Waals surface area contributed by atoms with Gasteiger partial charge in [-0.2, -0.15) is 0 Å². The highest BCUT2D eigenvalue weighted by Gasteiger charge is 2.28.